The van der Waals surface area contributed by atoms with E-state index in [-0.39, 0.29) is 19.3 Å². The lowest BCUT2D eigenvalue weighted by molar-refractivity contribution is -0.357. The molecule has 0 saturated carbocycles. The lowest BCUT2D eigenvalue weighted by atomic mass is 9.98. The minimum Gasteiger partial charge on any atom is -0.394 e. The second-order valence-corrected chi connectivity index (χ2v) is 13.8. The molecule has 7 N–H and O–H groups in total. The first-order valence-electron chi connectivity index (χ1n) is 17.4. The van der Waals surface area contributed by atoms with Gasteiger partial charge in [0.1, 0.15) is 48.8 Å². The summed E-state index contributed by atoms with van der Waals surface area (Å²) in [5.74, 6) is 0. The van der Waals surface area contributed by atoms with Crippen LogP contribution in [0.5, 0.6) is 0 Å². The van der Waals surface area contributed by atoms with Crippen LogP contribution in [0.2, 0.25) is 0 Å². The highest BCUT2D eigenvalue weighted by Gasteiger charge is 2.50. The van der Waals surface area contributed by atoms with Crippen molar-refractivity contribution in [2.24, 2.45) is 0 Å². The molecule has 5 saturated heterocycles. The standard InChI is InChI=1S/C32H56O18/c1-12-28(16(34)7-21(36)42-12)47-23-9-18(40-5)30(14(3)44-23)49-22-8-17(35)29(13(2)43-22)48-24-10-19(41-6)31(15(4)45-24)50-32-27(39)26(38)25(37)20(11-33)46-32/h12-39H,7-11H2,1-6H3/t12-,13-,14-,15-,16+,17+,18-,19-,20-,21?,22+,23+,24+,25-,26+,27-,28-,29-,30-,31-,32+/m1/s1. The monoisotopic (exact) mass is 728 g/mol. The van der Waals surface area contributed by atoms with Gasteiger partial charge in [-0.25, -0.2) is 0 Å². The van der Waals surface area contributed by atoms with Crippen LogP contribution < -0.4 is 0 Å². The van der Waals surface area contributed by atoms with E-state index in [1.54, 1.807) is 27.9 Å². The van der Waals surface area contributed by atoms with Gasteiger partial charge in [0, 0.05) is 39.9 Å². The SMILES string of the molecule is CO[C@@H]1C[C@H](O[C@H]2[C@@H](O)CC(O)O[C@@H]2C)O[C@H](C)[C@H]1O[C@H]1C[C@H](O)[C@H](O[C@H]2C[C@@H](OC)[C@H](O[C@@H]3O[C@H](CO)[C@@H](O)[C@H](O)[C@H]3O)[C@@H](C)O2)[C@@H](C)O1. The van der Waals surface area contributed by atoms with E-state index in [9.17, 15) is 35.7 Å². The predicted molar refractivity (Wildman–Crippen MR) is 165 cm³/mol. The van der Waals surface area contributed by atoms with Crippen LogP contribution in [-0.2, 0) is 52.1 Å². The second kappa shape index (κ2) is 17.6. The van der Waals surface area contributed by atoms with E-state index >= 15 is 0 Å². The summed E-state index contributed by atoms with van der Waals surface area (Å²) in [5, 5.41) is 71.6. The maximum absolute atomic E-state index is 11.2. The molecule has 21 atom stereocenters. The molecule has 0 spiro atoms. The van der Waals surface area contributed by atoms with Crippen molar-refractivity contribution in [3.63, 3.8) is 0 Å². The molecule has 50 heavy (non-hydrogen) atoms. The van der Waals surface area contributed by atoms with Gasteiger partial charge in [-0.2, -0.15) is 0 Å². The number of hydrogen-bond acceptors (Lipinski definition) is 18. The first-order valence-corrected chi connectivity index (χ1v) is 17.4. The average molecular weight is 729 g/mol. The third-order valence-corrected chi connectivity index (χ3v) is 10.2. The molecular weight excluding hydrogens is 672 g/mol. The highest BCUT2D eigenvalue weighted by molar-refractivity contribution is 4.93. The lowest BCUT2D eigenvalue weighted by Gasteiger charge is -2.47. The third-order valence-electron chi connectivity index (χ3n) is 10.2. The molecule has 0 bridgehead atoms. The quantitative estimate of drug-likeness (QED) is 0.117. The molecule has 18 heteroatoms. The smallest absolute Gasteiger partial charge is 0.187 e. The number of rotatable bonds is 11. The summed E-state index contributed by atoms with van der Waals surface area (Å²) in [6.45, 7) is 6.39. The molecule has 0 radical (unpaired) electrons. The number of ether oxygens (including phenoxy) is 11. The van der Waals surface area contributed by atoms with Gasteiger partial charge in [0.15, 0.2) is 31.5 Å². The Kier molecular flexibility index (Phi) is 14.3. The Bertz CT molecular complexity index is 1020. The van der Waals surface area contributed by atoms with Gasteiger partial charge in [-0.15, -0.1) is 0 Å². The Balaban J connectivity index is 1.12. The summed E-state index contributed by atoms with van der Waals surface area (Å²) >= 11 is 0. The van der Waals surface area contributed by atoms with Crippen LogP contribution >= 0.6 is 0 Å². The van der Waals surface area contributed by atoms with Crippen molar-refractivity contribution < 1.29 is 87.9 Å². The summed E-state index contributed by atoms with van der Waals surface area (Å²) < 4.78 is 65.2. The van der Waals surface area contributed by atoms with Gasteiger partial charge in [-0.05, 0) is 27.7 Å². The molecule has 5 aliphatic rings. The van der Waals surface area contributed by atoms with E-state index in [4.69, 9.17) is 52.1 Å². The highest BCUT2D eigenvalue weighted by atomic mass is 16.8. The maximum atomic E-state index is 11.2. The molecule has 18 nitrogen and oxygen atoms in total. The van der Waals surface area contributed by atoms with Crippen LogP contribution in [0.3, 0.4) is 0 Å². The summed E-state index contributed by atoms with van der Waals surface area (Å²) in [7, 11) is 3.03. The molecule has 1 unspecified atom stereocenters. The normalized spacial score (nSPS) is 52.1. The molecule has 5 aliphatic heterocycles. The summed E-state index contributed by atoms with van der Waals surface area (Å²) in [6.07, 6.45) is -18.2. The summed E-state index contributed by atoms with van der Waals surface area (Å²) in [5.41, 5.74) is 0. The minimum absolute atomic E-state index is 0.0281. The Morgan fingerprint density at radius 3 is 1.42 bits per heavy atom. The van der Waals surface area contributed by atoms with E-state index in [0.717, 1.165) is 0 Å². The van der Waals surface area contributed by atoms with Crippen LogP contribution in [0.25, 0.3) is 0 Å². The van der Waals surface area contributed by atoms with E-state index in [1.807, 2.05) is 6.92 Å². The van der Waals surface area contributed by atoms with Crippen molar-refractivity contribution in [2.45, 2.75) is 182 Å². The van der Waals surface area contributed by atoms with Gasteiger partial charge in [0.05, 0.1) is 55.4 Å². The molecule has 5 heterocycles. The Labute approximate surface area is 291 Å². The highest BCUT2D eigenvalue weighted by Crippen LogP contribution is 2.35. The fourth-order valence-electron chi connectivity index (χ4n) is 7.43. The van der Waals surface area contributed by atoms with Crippen molar-refractivity contribution in [2.75, 3.05) is 20.8 Å². The fraction of sp³-hybridized carbons (Fsp3) is 1.00. The Morgan fingerprint density at radius 2 is 0.940 bits per heavy atom. The number of aliphatic hydroxyl groups is 7. The van der Waals surface area contributed by atoms with Crippen molar-refractivity contribution in [3.8, 4) is 0 Å². The second-order valence-electron chi connectivity index (χ2n) is 13.8. The molecule has 0 aliphatic carbocycles. The molecular formula is C32H56O18. The van der Waals surface area contributed by atoms with Crippen LogP contribution in [0.15, 0.2) is 0 Å². The van der Waals surface area contributed by atoms with Crippen LogP contribution in [0.1, 0.15) is 53.4 Å². The first-order chi connectivity index (χ1) is 23.7. The average Bonchev–Trinajstić information content (AvgIpc) is 3.06. The lowest BCUT2D eigenvalue weighted by Crippen LogP contribution is -2.62. The predicted octanol–water partition coefficient (Wildman–Crippen LogP) is -2.39. The third kappa shape index (κ3) is 9.14. The van der Waals surface area contributed by atoms with Crippen molar-refractivity contribution in [1.29, 1.82) is 0 Å². The van der Waals surface area contributed by atoms with E-state index < -0.39 is 136 Å². The largest absolute Gasteiger partial charge is 0.394 e. The Morgan fingerprint density at radius 1 is 0.500 bits per heavy atom. The van der Waals surface area contributed by atoms with Gasteiger partial charge in [-0.3, -0.25) is 0 Å². The zero-order valence-corrected chi connectivity index (χ0v) is 29.3. The van der Waals surface area contributed by atoms with Crippen LogP contribution in [0, 0.1) is 0 Å². The first kappa shape index (κ1) is 40.5. The zero-order chi connectivity index (χ0) is 36.4. The molecule has 292 valence electrons. The fourth-order valence-corrected chi connectivity index (χ4v) is 7.43. The number of aliphatic hydroxyl groups excluding tert-OH is 7. The number of methoxy groups -OCH3 is 2. The minimum atomic E-state index is -1.60. The van der Waals surface area contributed by atoms with Gasteiger partial charge < -0.3 is 87.9 Å². The maximum Gasteiger partial charge on any atom is 0.187 e. The molecule has 5 rings (SSSR count). The van der Waals surface area contributed by atoms with Crippen molar-refractivity contribution >= 4 is 0 Å². The van der Waals surface area contributed by atoms with Gasteiger partial charge in [0.25, 0.3) is 0 Å². The molecule has 5 fully saturated rings. The van der Waals surface area contributed by atoms with E-state index in [2.05, 4.69) is 0 Å². The van der Waals surface area contributed by atoms with Gasteiger partial charge >= 0.3 is 0 Å². The molecule has 0 amide bonds. The summed E-state index contributed by atoms with van der Waals surface area (Å²) in [6, 6.07) is 0. The van der Waals surface area contributed by atoms with Gasteiger partial charge in [0.2, 0.25) is 0 Å². The van der Waals surface area contributed by atoms with Crippen molar-refractivity contribution in [1.82, 2.24) is 0 Å². The molecule has 0 aromatic heterocycles. The van der Waals surface area contributed by atoms with Crippen LogP contribution in [0.4, 0.5) is 0 Å². The molecule has 0 aromatic carbocycles. The topological polar surface area (TPSA) is 243 Å². The van der Waals surface area contributed by atoms with Crippen molar-refractivity contribution in [3.05, 3.63) is 0 Å². The van der Waals surface area contributed by atoms with Crippen LogP contribution in [-0.4, -0.2) is 186 Å². The number of hydrogen-bond donors (Lipinski definition) is 7. The summed E-state index contributed by atoms with van der Waals surface area (Å²) in [4.78, 5) is 0. The Hall–Kier alpha value is -0.720. The van der Waals surface area contributed by atoms with E-state index in [1.165, 1.54) is 7.11 Å². The molecule has 0 aromatic rings. The van der Waals surface area contributed by atoms with Gasteiger partial charge in [-0.1, -0.05) is 0 Å². The zero-order valence-electron chi connectivity index (χ0n) is 29.3. The van der Waals surface area contributed by atoms with E-state index in [0.29, 0.717) is 6.42 Å².